The molecule has 0 spiro atoms. The first kappa shape index (κ1) is 8.36. The van der Waals surface area contributed by atoms with E-state index in [1.165, 1.54) is 0 Å². The maximum Gasteiger partial charge on any atom is 0.204 e. The van der Waals surface area contributed by atoms with E-state index >= 15 is 0 Å². The summed E-state index contributed by atoms with van der Waals surface area (Å²) >= 11 is 0. The molecular weight excluding hydrogens is 122 g/mol. The van der Waals surface area contributed by atoms with Crippen LogP contribution in [0.3, 0.4) is 0 Å². The van der Waals surface area contributed by atoms with E-state index in [1.54, 1.807) is 6.92 Å². The Kier molecular flexibility index (Phi) is 3.96. The fourth-order valence-electron chi connectivity index (χ4n) is 0.417. The zero-order chi connectivity index (χ0) is 7.28. The molecule has 0 saturated heterocycles. The average Bonchev–Trinajstić information content (AvgIpc) is 1.83. The molecule has 0 bridgehead atoms. The standard InChI is InChI=1S/C5H11NO3/c1-5(4-7)2-3-6(8)9/h5,7H,2-4H2,1H3. The van der Waals surface area contributed by atoms with E-state index in [1.807, 2.05) is 0 Å². The third kappa shape index (κ3) is 5.23. The van der Waals surface area contributed by atoms with Crippen molar-refractivity contribution < 1.29 is 10.0 Å². The Morgan fingerprint density at radius 1 is 1.78 bits per heavy atom. The molecule has 0 amide bonds. The Balaban J connectivity index is 3.16. The summed E-state index contributed by atoms with van der Waals surface area (Å²) in [6.45, 7) is 1.78. The minimum atomic E-state index is -0.369. The van der Waals surface area contributed by atoms with E-state index in [0.29, 0.717) is 6.42 Å². The first-order chi connectivity index (χ1) is 4.16. The third-order valence-electron chi connectivity index (χ3n) is 1.12. The van der Waals surface area contributed by atoms with E-state index < -0.39 is 0 Å². The SMILES string of the molecule is CC(CO)CC[N+](=O)[O-]. The molecule has 4 nitrogen and oxygen atoms in total. The maximum absolute atomic E-state index is 9.74. The summed E-state index contributed by atoms with van der Waals surface area (Å²) in [5, 5.41) is 18.2. The van der Waals surface area contributed by atoms with Gasteiger partial charge in [-0.15, -0.1) is 0 Å². The van der Waals surface area contributed by atoms with Gasteiger partial charge in [-0.05, 0) is 5.92 Å². The molecule has 4 heteroatoms. The lowest BCUT2D eigenvalue weighted by Gasteiger charge is -2.01. The summed E-state index contributed by atoms with van der Waals surface area (Å²) in [6, 6.07) is 0. The Morgan fingerprint density at radius 3 is 2.67 bits per heavy atom. The number of hydrogen-bond donors (Lipinski definition) is 1. The van der Waals surface area contributed by atoms with Crippen LogP contribution in [0.25, 0.3) is 0 Å². The van der Waals surface area contributed by atoms with Gasteiger partial charge >= 0.3 is 0 Å². The van der Waals surface area contributed by atoms with Crippen LogP contribution >= 0.6 is 0 Å². The summed E-state index contributed by atoms with van der Waals surface area (Å²) in [4.78, 5) is 9.37. The molecule has 1 atom stereocenters. The highest BCUT2D eigenvalue weighted by atomic mass is 16.6. The largest absolute Gasteiger partial charge is 0.396 e. The number of nitrogens with zero attached hydrogens (tertiary/aromatic N) is 1. The number of nitro groups is 1. The molecule has 0 aromatic carbocycles. The lowest BCUT2D eigenvalue weighted by Crippen LogP contribution is -2.08. The summed E-state index contributed by atoms with van der Waals surface area (Å²) in [6.07, 6.45) is 0.462. The van der Waals surface area contributed by atoms with Crippen molar-refractivity contribution in [1.29, 1.82) is 0 Å². The fraction of sp³-hybridized carbons (Fsp3) is 1.00. The predicted molar refractivity (Wildman–Crippen MR) is 32.7 cm³/mol. The second kappa shape index (κ2) is 4.26. The van der Waals surface area contributed by atoms with Gasteiger partial charge in [-0.2, -0.15) is 0 Å². The highest BCUT2D eigenvalue weighted by molar-refractivity contribution is 4.46. The van der Waals surface area contributed by atoms with Crippen molar-refractivity contribution in [2.45, 2.75) is 13.3 Å². The van der Waals surface area contributed by atoms with Gasteiger partial charge < -0.3 is 5.11 Å². The highest BCUT2D eigenvalue weighted by Gasteiger charge is 2.03. The zero-order valence-corrected chi connectivity index (χ0v) is 5.41. The van der Waals surface area contributed by atoms with Crippen molar-refractivity contribution in [3.8, 4) is 0 Å². The number of aliphatic hydroxyl groups excluding tert-OH is 1. The van der Waals surface area contributed by atoms with Crippen LogP contribution in [0.2, 0.25) is 0 Å². The smallest absolute Gasteiger partial charge is 0.204 e. The van der Waals surface area contributed by atoms with E-state index in [4.69, 9.17) is 5.11 Å². The molecule has 1 N–H and O–H groups in total. The van der Waals surface area contributed by atoms with Gasteiger partial charge in [-0.25, -0.2) is 0 Å². The monoisotopic (exact) mass is 133 g/mol. The molecular formula is C5H11NO3. The zero-order valence-electron chi connectivity index (χ0n) is 5.41. The van der Waals surface area contributed by atoms with Gasteiger partial charge in [-0.1, -0.05) is 6.92 Å². The van der Waals surface area contributed by atoms with Crippen molar-refractivity contribution in [2.75, 3.05) is 13.2 Å². The third-order valence-corrected chi connectivity index (χ3v) is 1.12. The lowest BCUT2D eigenvalue weighted by atomic mass is 10.1. The van der Waals surface area contributed by atoms with Crippen molar-refractivity contribution >= 4 is 0 Å². The molecule has 9 heavy (non-hydrogen) atoms. The summed E-state index contributed by atoms with van der Waals surface area (Å²) in [5.74, 6) is 0.0513. The van der Waals surface area contributed by atoms with E-state index in [0.717, 1.165) is 0 Å². The quantitative estimate of drug-likeness (QED) is 0.442. The van der Waals surface area contributed by atoms with Gasteiger partial charge in [0.2, 0.25) is 6.54 Å². The fourth-order valence-corrected chi connectivity index (χ4v) is 0.417. The summed E-state index contributed by atoms with van der Waals surface area (Å²) < 4.78 is 0. The van der Waals surface area contributed by atoms with E-state index in [9.17, 15) is 10.1 Å². The predicted octanol–water partition coefficient (Wildman–Crippen LogP) is 0.282. The molecule has 0 fully saturated rings. The minimum Gasteiger partial charge on any atom is -0.396 e. The van der Waals surface area contributed by atoms with Gasteiger partial charge in [0.15, 0.2) is 0 Å². The van der Waals surface area contributed by atoms with Crippen LogP contribution in [-0.4, -0.2) is 23.2 Å². The minimum absolute atomic E-state index is 0.0356. The number of hydrogen-bond acceptors (Lipinski definition) is 3. The Hall–Kier alpha value is -0.640. The van der Waals surface area contributed by atoms with Crippen LogP contribution in [0, 0.1) is 16.0 Å². The molecule has 0 saturated carbocycles. The second-order valence-electron chi connectivity index (χ2n) is 2.13. The molecule has 0 aromatic heterocycles. The molecule has 0 heterocycles. The van der Waals surface area contributed by atoms with Crippen LogP contribution in [0.1, 0.15) is 13.3 Å². The molecule has 1 unspecified atom stereocenters. The normalized spacial score (nSPS) is 13.1. The van der Waals surface area contributed by atoms with Gasteiger partial charge in [0.25, 0.3) is 0 Å². The molecule has 0 aliphatic rings. The lowest BCUT2D eigenvalue weighted by molar-refractivity contribution is -0.481. The average molecular weight is 133 g/mol. The molecule has 0 aliphatic carbocycles. The van der Waals surface area contributed by atoms with Gasteiger partial charge in [0.1, 0.15) is 0 Å². The van der Waals surface area contributed by atoms with Crippen molar-refractivity contribution in [2.24, 2.45) is 5.92 Å². The molecule has 54 valence electrons. The second-order valence-corrected chi connectivity index (χ2v) is 2.13. The van der Waals surface area contributed by atoms with Crippen LogP contribution in [0.4, 0.5) is 0 Å². The van der Waals surface area contributed by atoms with Crippen molar-refractivity contribution in [3.05, 3.63) is 10.1 Å². The van der Waals surface area contributed by atoms with Gasteiger partial charge in [0.05, 0.1) is 0 Å². The highest BCUT2D eigenvalue weighted by Crippen LogP contribution is 1.98. The number of aliphatic hydroxyl groups is 1. The topological polar surface area (TPSA) is 63.4 Å². The van der Waals surface area contributed by atoms with Crippen LogP contribution in [0.15, 0.2) is 0 Å². The van der Waals surface area contributed by atoms with Crippen LogP contribution in [0.5, 0.6) is 0 Å². The first-order valence-corrected chi connectivity index (χ1v) is 2.89. The molecule has 0 aliphatic heterocycles. The summed E-state index contributed by atoms with van der Waals surface area (Å²) in [7, 11) is 0. The van der Waals surface area contributed by atoms with Crippen molar-refractivity contribution in [1.82, 2.24) is 0 Å². The Bertz CT molecular complexity index is 94.2. The van der Waals surface area contributed by atoms with Crippen LogP contribution < -0.4 is 0 Å². The molecule has 0 radical (unpaired) electrons. The Morgan fingerprint density at radius 2 is 2.33 bits per heavy atom. The van der Waals surface area contributed by atoms with Gasteiger partial charge in [-0.3, -0.25) is 10.1 Å². The van der Waals surface area contributed by atoms with Gasteiger partial charge in [0, 0.05) is 18.0 Å². The molecule has 0 rings (SSSR count). The number of rotatable bonds is 4. The summed E-state index contributed by atoms with van der Waals surface area (Å²) in [5.41, 5.74) is 0. The van der Waals surface area contributed by atoms with E-state index in [-0.39, 0.29) is 24.0 Å². The maximum atomic E-state index is 9.74. The first-order valence-electron chi connectivity index (χ1n) is 2.89. The van der Waals surface area contributed by atoms with Crippen LogP contribution in [-0.2, 0) is 0 Å². The van der Waals surface area contributed by atoms with Crippen molar-refractivity contribution in [3.63, 3.8) is 0 Å². The molecule has 0 aromatic rings. The Labute approximate surface area is 53.6 Å². The van der Waals surface area contributed by atoms with E-state index in [2.05, 4.69) is 0 Å².